The summed E-state index contributed by atoms with van der Waals surface area (Å²) in [7, 11) is 3.08. The summed E-state index contributed by atoms with van der Waals surface area (Å²) in [5.74, 6) is -0.967. The van der Waals surface area contributed by atoms with Crippen LogP contribution < -0.4 is 4.74 Å². The lowest BCUT2D eigenvalue weighted by Gasteiger charge is -2.25. The number of halogens is 1. The van der Waals surface area contributed by atoms with E-state index >= 15 is 0 Å². The van der Waals surface area contributed by atoms with Gasteiger partial charge in [0.25, 0.3) is 11.7 Å². The van der Waals surface area contributed by atoms with E-state index in [1.165, 1.54) is 12.0 Å². The molecule has 3 rings (SSSR count). The highest BCUT2D eigenvalue weighted by molar-refractivity contribution is 6.46. The van der Waals surface area contributed by atoms with Gasteiger partial charge in [-0.15, -0.1) is 0 Å². The first kappa shape index (κ1) is 20.9. The van der Waals surface area contributed by atoms with E-state index in [-0.39, 0.29) is 24.5 Å². The highest BCUT2D eigenvalue weighted by Gasteiger charge is 2.45. The molecule has 1 atom stereocenters. The monoisotopic (exact) mass is 415 g/mol. The van der Waals surface area contributed by atoms with Crippen LogP contribution in [0, 0.1) is 6.92 Å². The second kappa shape index (κ2) is 8.68. The number of hydrogen-bond acceptors (Lipinski definition) is 5. The molecule has 1 aliphatic heterocycles. The minimum atomic E-state index is -0.732. The highest BCUT2D eigenvalue weighted by Crippen LogP contribution is 2.39. The first-order valence-electron chi connectivity index (χ1n) is 9.06. The molecule has 7 heteroatoms. The van der Waals surface area contributed by atoms with Crippen LogP contribution in [0.4, 0.5) is 0 Å². The maximum Gasteiger partial charge on any atom is 0.295 e. The Morgan fingerprint density at radius 3 is 2.41 bits per heavy atom. The Bertz CT molecular complexity index is 968. The number of ether oxygens (including phenoxy) is 2. The summed E-state index contributed by atoms with van der Waals surface area (Å²) in [4.78, 5) is 27.0. The summed E-state index contributed by atoms with van der Waals surface area (Å²) in [6.07, 6.45) is 0. The Morgan fingerprint density at radius 1 is 1.14 bits per heavy atom. The Labute approximate surface area is 174 Å². The Kier molecular flexibility index (Phi) is 6.25. The molecule has 0 aliphatic carbocycles. The topological polar surface area (TPSA) is 76.1 Å². The fraction of sp³-hybridized carbons (Fsp3) is 0.273. The van der Waals surface area contributed by atoms with Crippen LogP contribution in [0.5, 0.6) is 5.75 Å². The van der Waals surface area contributed by atoms with Crippen molar-refractivity contribution in [1.82, 2.24) is 4.90 Å². The number of hydrogen-bond donors (Lipinski definition) is 1. The van der Waals surface area contributed by atoms with Gasteiger partial charge in [0.2, 0.25) is 0 Å². The van der Waals surface area contributed by atoms with Crippen molar-refractivity contribution in [2.24, 2.45) is 0 Å². The zero-order valence-electron chi connectivity index (χ0n) is 16.4. The molecule has 1 saturated heterocycles. The van der Waals surface area contributed by atoms with Gasteiger partial charge in [-0.05, 0) is 48.4 Å². The second-order valence-electron chi connectivity index (χ2n) is 6.72. The van der Waals surface area contributed by atoms with Crippen LogP contribution in [0.2, 0.25) is 5.02 Å². The quantitative estimate of drug-likeness (QED) is 0.442. The number of carbonyl (C=O) groups excluding carboxylic acids is 2. The van der Waals surface area contributed by atoms with Crippen molar-refractivity contribution < 1.29 is 24.2 Å². The molecule has 1 aliphatic rings. The third-order valence-corrected chi connectivity index (χ3v) is 5.18. The van der Waals surface area contributed by atoms with Crippen molar-refractivity contribution in [3.8, 4) is 5.75 Å². The van der Waals surface area contributed by atoms with Crippen LogP contribution in [0.15, 0.2) is 48.0 Å². The van der Waals surface area contributed by atoms with Crippen molar-refractivity contribution >= 4 is 29.1 Å². The molecule has 1 fully saturated rings. The first-order valence-corrected chi connectivity index (χ1v) is 9.44. The number of nitrogens with zero attached hydrogens (tertiary/aromatic N) is 1. The number of benzene rings is 2. The molecule has 0 spiro atoms. The van der Waals surface area contributed by atoms with Gasteiger partial charge in [0.15, 0.2) is 0 Å². The van der Waals surface area contributed by atoms with Gasteiger partial charge in [-0.3, -0.25) is 9.59 Å². The molecule has 0 saturated carbocycles. The molecule has 29 heavy (non-hydrogen) atoms. The number of carbonyl (C=O) groups is 2. The smallest absolute Gasteiger partial charge is 0.295 e. The third-order valence-electron chi connectivity index (χ3n) is 4.93. The van der Waals surface area contributed by atoms with Crippen LogP contribution >= 0.6 is 11.6 Å². The number of methoxy groups -OCH3 is 2. The third kappa shape index (κ3) is 3.99. The Hall–Kier alpha value is -2.83. The number of aliphatic hydroxyl groups is 1. The van der Waals surface area contributed by atoms with E-state index in [4.69, 9.17) is 21.1 Å². The number of amides is 1. The standard InChI is InChI=1S/C22H22ClNO5/c1-13-12-15(6-9-17(13)29-3)20(25)18-19(14-4-7-16(23)8-5-14)24(10-11-28-2)22(27)21(18)26/h4-9,12,19,25H,10-11H2,1-3H3/t19-/m0/s1. The van der Waals surface area contributed by atoms with Gasteiger partial charge in [0, 0.05) is 24.2 Å². The fourth-order valence-corrected chi connectivity index (χ4v) is 3.60. The van der Waals surface area contributed by atoms with Crippen molar-refractivity contribution in [3.05, 3.63) is 69.8 Å². The maximum atomic E-state index is 12.9. The van der Waals surface area contributed by atoms with E-state index in [0.29, 0.717) is 21.9 Å². The van der Waals surface area contributed by atoms with E-state index in [1.54, 1.807) is 49.6 Å². The van der Waals surface area contributed by atoms with E-state index in [1.807, 2.05) is 6.92 Å². The average Bonchev–Trinajstić information content (AvgIpc) is 2.96. The van der Waals surface area contributed by atoms with Gasteiger partial charge < -0.3 is 19.5 Å². The summed E-state index contributed by atoms with van der Waals surface area (Å²) in [5.41, 5.74) is 1.95. The predicted octanol–water partition coefficient (Wildman–Crippen LogP) is 3.73. The fourth-order valence-electron chi connectivity index (χ4n) is 3.47. The molecular formula is C22H22ClNO5. The number of ketones is 1. The van der Waals surface area contributed by atoms with Crippen LogP contribution in [-0.4, -0.2) is 49.1 Å². The molecule has 0 unspecified atom stereocenters. The lowest BCUT2D eigenvalue weighted by molar-refractivity contribution is -0.140. The van der Waals surface area contributed by atoms with Crippen molar-refractivity contribution in [3.63, 3.8) is 0 Å². The van der Waals surface area contributed by atoms with Crippen molar-refractivity contribution in [2.75, 3.05) is 27.4 Å². The lowest BCUT2D eigenvalue weighted by Crippen LogP contribution is -2.32. The molecule has 2 aromatic carbocycles. The summed E-state index contributed by atoms with van der Waals surface area (Å²) < 4.78 is 10.3. The summed E-state index contributed by atoms with van der Waals surface area (Å²) in [6.45, 7) is 2.31. The normalized spacial score (nSPS) is 18.3. The average molecular weight is 416 g/mol. The molecular weight excluding hydrogens is 394 g/mol. The number of Topliss-reactive ketones (excluding diaryl/α,β-unsaturated/α-hetero) is 1. The SMILES string of the molecule is COCCN1C(=O)C(=O)C(=C(O)c2ccc(OC)c(C)c2)[C@@H]1c1ccc(Cl)cc1. The zero-order chi connectivity index (χ0) is 21.1. The van der Waals surface area contributed by atoms with E-state index in [2.05, 4.69) is 0 Å². The summed E-state index contributed by atoms with van der Waals surface area (Å²) in [5, 5.41) is 11.5. The van der Waals surface area contributed by atoms with Crippen molar-refractivity contribution in [2.45, 2.75) is 13.0 Å². The van der Waals surface area contributed by atoms with Gasteiger partial charge in [0.1, 0.15) is 11.5 Å². The van der Waals surface area contributed by atoms with Crippen molar-refractivity contribution in [1.29, 1.82) is 0 Å². The Morgan fingerprint density at radius 2 is 1.83 bits per heavy atom. The van der Waals surface area contributed by atoms with E-state index < -0.39 is 17.7 Å². The van der Waals surface area contributed by atoms with Crippen LogP contribution in [-0.2, 0) is 14.3 Å². The molecule has 2 aromatic rings. The molecule has 1 N–H and O–H groups in total. The Balaban J connectivity index is 2.15. The molecule has 6 nitrogen and oxygen atoms in total. The predicted molar refractivity (Wildman–Crippen MR) is 110 cm³/mol. The van der Waals surface area contributed by atoms with Gasteiger partial charge in [-0.2, -0.15) is 0 Å². The number of aliphatic hydroxyl groups excluding tert-OH is 1. The summed E-state index contributed by atoms with van der Waals surface area (Å²) in [6, 6.07) is 11.2. The van der Waals surface area contributed by atoms with Crippen LogP contribution in [0.1, 0.15) is 22.7 Å². The largest absolute Gasteiger partial charge is 0.507 e. The highest BCUT2D eigenvalue weighted by atomic mass is 35.5. The molecule has 0 radical (unpaired) electrons. The maximum absolute atomic E-state index is 12.9. The minimum Gasteiger partial charge on any atom is -0.507 e. The molecule has 1 amide bonds. The lowest BCUT2D eigenvalue weighted by atomic mass is 9.95. The van der Waals surface area contributed by atoms with Gasteiger partial charge in [-0.25, -0.2) is 0 Å². The first-order chi connectivity index (χ1) is 13.9. The number of aryl methyl sites for hydroxylation is 1. The van der Waals surface area contributed by atoms with Gasteiger partial charge >= 0.3 is 0 Å². The number of rotatable bonds is 6. The van der Waals surface area contributed by atoms with Crippen LogP contribution in [0.25, 0.3) is 5.76 Å². The minimum absolute atomic E-state index is 0.0398. The van der Waals surface area contributed by atoms with E-state index in [9.17, 15) is 14.7 Å². The molecule has 0 aromatic heterocycles. The van der Waals surface area contributed by atoms with Gasteiger partial charge in [0.05, 0.1) is 25.3 Å². The molecule has 0 bridgehead atoms. The second-order valence-corrected chi connectivity index (χ2v) is 7.16. The molecule has 1 heterocycles. The molecule has 152 valence electrons. The summed E-state index contributed by atoms with van der Waals surface area (Å²) >= 11 is 6.00. The van der Waals surface area contributed by atoms with Crippen LogP contribution in [0.3, 0.4) is 0 Å². The number of likely N-dealkylation sites (tertiary alicyclic amines) is 1. The van der Waals surface area contributed by atoms with Gasteiger partial charge in [-0.1, -0.05) is 23.7 Å². The van der Waals surface area contributed by atoms with E-state index in [0.717, 1.165) is 5.56 Å². The zero-order valence-corrected chi connectivity index (χ0v) is 17.2.